The maximum atomic E-state index is 12.6. The van der Waals surface area contributed by atoms with Gasteiger partial charge in [0, 0.05) is 6.07 Å². The first kappa shape index (κ1) is 18.8. The number of rotatable bonds is 8. The molecule has 25 heavy (non-hydrogen) atoms. The van der Waals surface area contributed by atoms with Crippen molar-refractivity contribution < 1.29 is 14.3 Å². The third kappa shape index (κ3) is 5.82. The molecule has 2 aromatic rings. The number of hydrogen-bond acceptors (Lipinski definition) is 3. The zero-order valence-electron chi connectivity index (χ0n) is 15.4. The van der Waals surface area contributed by atoms with Crippen LogP contribution in [0, 0.1) is 5.92 Å². The predicted molar refractivity (Wildman–Crippen MR) is 99.9 cm³/mol. The molecule has 0 radical (unpaired) electrons. The van der Waals surface area contributed by atoms with Crippen molar-refractivity contribution in [1.29, 1.82) is 0 Å². The number of carbonyl (C=O) groups excluding carboxylic acids is 1. The van der Waals surface area contributed by atoms with Crippen LogP contribution in [0.4, 0.5) is 0 Å². The quantitative estimate of drug-likeness (QED) is 0.776. The molecule has 0 aliphatic heterocycles. The van der Waals surface area contributed by atoms with Crippen molar-refractivity contribution >= 4 is 5.91 Å². The lowest BCUT2D eigenvalue weighted by Gasteiger charge is -2.23. The van der Waals surface area contributed by atoms with Crippen molar-refractivity contribution in [1.82, 2.24) is 5.32 Å². The van der Waals surface area contributed by atoms with E-state index in [0.717, 1.165) is 12.0 Å². The van der Waals surface area contributed by atoms with Gasteiger partial charge in [0.1, 0.15) is 11.5 Å². The Morgan fingerprint density at radius 3 is 2.32 bits per heavy atom. The van der Waals surface area contributed by atoms with E-state index >= 15 is 0 Å². The van der Waals surface area contributed by atoms with E-state index in [1.165, 1.54) is 0 Å². The first-order chi connectivity index (χ1) is 12.0. The fraction of sp³-hybridized carbons (Fsp3) is 0.381. The standard InChI is InChI=1S/C21H27NO3/c1-15(2)13-20(17-9-6-5-7-10-17)22-21(23)16(3)25-19-12-8-11-18(14-19)24-4/h5-12,14-16,20H,13H2,1-4H3,(H,22,23)/t16-,20-/m0/s1. The summed E-state index contributed by atoms with van der Waals surface area (Å²) in [6, 6.07) is 17.3. The molecule has 0 heterocycles. The average Bonchev–Trinajstić information content (AvgIpc) is 2.61. The molecule has 134 valence electrons. The Labute approximate surface area is 150 Å². The molecule has 0 saturated carbocycles. The number of nitrogens with one attached hydrogen (secondary N) is 1. The summed E-state index contributed by atoms with van der Waals surface area (Å²) in [6.07, 6.45) is 0.284. The van der Waals surface area contributed by atoms with Crippen LogP contribution in [0.15, 0.2) is 54.6 Å². The molecule has 4 nitrogen and oxygen atoms in total. The second kappa shape index (κ2) is 9.11. The molecule has 0 aliphatic carbocycles. The molecule has 0 saturated heterocycles. The minimum absolute atomic E-state index is 0.0231. The third-order valence-electron chi connectivity index (χ3n) is 3.95. The van der Waals surface area contributed by atoms with Crippen molar-refractivity contribution in [3.63, 3.8) is 0 Å². The smallest absolute Gasteiger partial charge is 0.261 e. The second-order valence-electron chi connectivity index (χ2n) is 6.54. The van der Waals surface area contributed by atoms with E-state index in [-0.39, 0.29) is 11.9 Å². The molecule has 0 aromatic heterocycles. The Morgan fingerprint density at radius 1 is 1.00 bits per heavy atom. The topological polar surface area (TPSA) is 47.6 Å². The number of benzene rings is 2. The Hall–Kier alpha value is -2.49. The average molecular weight is 341 g/mol. The number of methoxy groups -OCH3 is 1. The number of carbonyl (C=O) groups is 1. The SMILES string of the molecule is COc1cccc(O[C@@H](C)C(=O)N[C@@H](CC(C)C)c2ccccc2)c1. The number of amides is 1. The Bertz CT molecular complexity index is 670. The maximum Gasteiger partial charge on any atom is 0.261 e. The van der Waals surface area contributed by atoms with Gasteiger partial charge in [0.05, 0.1) is 13.2 Å². The normalized spacial score (nSPS) is 13.2. The van der Waals surface area contributed by atoms with E-state index in [9.17, 15) is 4.79 Å². The van der Waals surface area contributed by atoms with Crippen LogP contribution in [-0.4, -0.2) is 19.1 Å². The summed E-state index contributed by atoms with van der Waals surface area (Å²) in [6.45, 7) is 6.06. The van der Waals surface area contributed by atoms with Gasteiger partial charge in [-0.3, -0.25) is 4.79 Å². The minimum atomic E-state index is -0.592. The zero-order valence-corrected chi connectivity index (χ0v) is 15.4. The summed E-state index contributed by atoms with van der Waals surface area (Å²) in [7, 11) is 1.60. The van der Waals surface area contributed by atoms with Crippen LogP contribution in [0.25, 0.3) is 0 Å². The van der Waals surface area contributed by atoms with Gasteiger partial charge in [-0.25, -0.2) is 0 Å². The van der Waals surface area contributed by atoms with Crippen molar-refractivity contribution in [2.75, 3.05) is 7.11 Å². The fourth-order valence-corrected chi connectivity index (χ4v) is 2.66. The van der Waals surface area contributed by atoms with Gasteiger partial charge < -0.3 is 14.8 Å². The molecule has 0 bridgehead atoms. The Balaban J connectivity index is 2.03. The highest BCUT2D eigenvalue weighted by Gasteiger charge is 2.21. The van der Waals surface area contributed by atoms with E-state index in [1.54, 1.807) is 20.1 Å². The van der Waals surface area contributed by atoms with Crippen LogP contribution in [0.3, 0.4) is 0 Å². The molecule has 0 spiro atoms. The van der Waals surface area contributed by atoms with E-state index in [2.05, 4.69) is 19.2 Å². The van der Waals surface area contributed by atoms with E-state index in [4.69, 9.17) is 9.47 Å². The molecule has 4 heteroatoms. The van der Waals surface area contributed by atoms with Gasteiger partial charge in [0.25, 0.3) is 5.91 Å². The van der Waals surface area contributed by atoms with Crippen LogP contribution < -0.4 is 14.8 Å². The minimum Gasteiger partial charge on any atom is -0.497 e. The van der Waals surface area contributed by atoms with E-state index in [1.807, 2.05) is 48.5 Å². The van der Waals surface area contributed by atoms with Gasteiger partial charge in [-0.2, -0.15) is 0 Å². The predicted octanol–water partition coefficient (Wildman–Crippen LogP) is 4.37. The highest BCUT2D eigenvalue weighted by molar-refractivity contribution is 5.81. The van der Waals surface area contributed by atoms with Crippen molar-refractivity contribution in [3.05, 3.63) is 60.2 Å². The molecular formula is C21H27NO3. The van der Waals surface area contributed by atoms with Crippen LogP contribution in [0.2, 0.25) is 0 Å². The maximum absolute atomic E-state index is 12.6. The van der Waals surface area contributed by atoms with Gasteiger partial charge in [-0.1, -0.05) is 50.2 Å². The molecular weight excluding hydrogens is 314 g/mol. The van der Waals surface area contributed by atoms with Crippen LogP contribution >= 0.6 is 0 Å². The lowest BCUT2D eigenvalue weighted by molar-refractivity contribution is -0.128. The van der Waals surface area contributed by atoms with Crippen LogP contribution in [-0.2, 0) is 4.79 Å². The van der Waals surface area contributed by atoms with Gasteiger partial charge in [-0.05, 0) is 37.0 Å². The van der Waals surface area contributed by atoms with Crippen LogP contribution in [0.5, 0.6) is 11.5 Å². The van der Waals surface area contributed by atoms with E-state index < -0.39 is 6.10 Å². The molecule has 2 aromatic carbocycles. The summed E-state index contributed by atoms with van der Waals surface area (Å²) >= 11 is 0. The summed E-state index contributed by atoms with van der Waals surface area (Å²) < 4.78 is 11.0. The zero-order chi connectivity index (χ0) is 18.2. The Kier molecular flexibility index (Phi) is 6.87. The van der Waals surface area contributed by atoms with Crippen molar-refractivity contribution in [3.8, 4) is 11.5 Å². The highest BCUT2D eigenvalue weighted by atomic mass is 16.5. The Morgan fingerprint density at radius 2 is 1.68 bits per heavy atom. The van der Waals surface area contributed by atoms with Crippen LogP contribution in [0.1, 0.15) is 38.8 Å². The summed E-state index contributed by atoms with van der Waals surface area (Å²) in [5.41, 5.74) is 1.11. The fourth-order valence-electron chi connectivity index (χ4n) is 2.66. The molecule has 0 unspecified atom stereocenters. The number of hydrogen-bond donors (Lipinski definition) is 1. The van der Waals surface area contributed by atoms with Gasteiger partial charge in [-0.15, -0.1) is 0 Å². The van der Waals surface area contributed by atoms with Gasteiger partial charge >= 0.3 is 0 Å². The molecule has 2 atom stereocenters. The lowest BCUT2D eigenvalue weighted by atomic mass is 9.97. The van der Waals surface area contributed by atoms with Gasteiger partial charge in [0.15, 0.2) is 6.10 Å². The molecule has 1 N–H and O–H groups in total. The van der Waals surface area contributed by atoms with Crippen molar-refractivity contribution in [2.45, 2.75) is 39.3 Å². The summed E-state index contributed by atoms with van der Waals surface area (Å²) in [5, 5.41) is 3.12. The van der Waals surface area contributed by atoms with Gasteiger partial charge in [0.2, 0.25) is 0 Å². The number of ether oxygens (including phenoxy) is 2. The highest BCUT2D eigenvalue weighted by Crippen LogP contribution is 2.23. The summed E-state index contributed by atoms with van der Waals surface area (Å²) in [4.78, 5) is 12.6. The monoisotopic (exact) mass is 341 g/mol. The second-order valence-corrected chi connectivity index (χ2v) is 6.54. The third-order valence-corrected chi connectivity index (χ3v) is 3.95. The lowest BCUT2D eigenvalue weighted by Crippen LogP contribution is -2.39. The van der Waals surface area contributed by atoms with E-state index in [0.29, 0.717) is 17.4 Å². The summed E-state index contributed by atoms with van der Waals surface area (Å²) in [5.74, 6) is 1.66. The largest absolute Gasteiger partial charge is 0.497 e. The van der Waals surface area contributed by atoms with Crippen molar-refractivity contribution in [2.24, 2.45) is 5.92 Å². The first-order valence-electron chi connectivity index (χ1n) is 8.65. The molecule has 0 aliphatic rings. The molecule has 1 amide bonds. The molecule has 0 fully saturated rings. The first-order valence-corrected chi connectivity index (χ1v) is 8.65. The molecule has 2 rings (SSSR count).